The van der Waals surface area contributed by atoms with Crippen molar-refractivity contribution in [1.29, 1.82) is 0 Å². The van der Waals surface area contributed by atoms with Gasteiger partial charge in [-0.3, -0.25) is 4.98 Å². The van der Waals surface area contributed by atoms with Crippen molar-refractivity contribution in [2.75, 3.05) is 6.61 Å². The van der Waals surface area contributed by atoms with Crippen molar-refractivity contribution in [3.8, 4) is 0 Å². The molecule has 0 fully saturated rings. The third-order valence-corrected chi connectivity index (χ3v) is 1.96. The monoisotopic (exact) mass is 222 g/mol. The van der Waals surface area contributed by atoms with E-state index >= 15 is 0 Å². The van der Waals surface area contributed by atoms with Crippen LogP contribution in [0.25, 0.3) is 0 Å². The number of rotatable bonds is 6. The minimum Gasteiger partial charge on any atom is -0.393 e. The molecule has 0 aromatic carbocycles. The van der Waals surface area contributed by atoms with E-state index in [1.54, 1.807) is 6.20 Å². The number of aliphatic hydroxyl groups is 1. The van der Waals surface area contributed by atoms with E-state index in [9.17, 15) is 5.11 Å². The summed E-state index contributed by atoms with van der Waals surface area (Å²) in [6.45, 7) is 4.34. The highest BCUT2D eigenvalue weighted by Gasteiger charge is 2.06. The Hall–Kier alpha value is -1.42. The van der Waals surface area contributed by atoms with Crippen LogP contribution in [0.4, 0.5) is 0 Å². The van der Waals surface area contributed by atoms with Crippen molar-refractivity contribution in [2.45, 2.75) is 26.4 Å². The molecule has 0 saturated carbocycles. The first kappa shape index (κ1) is 12.6. The lowest BCUT2D eigenvalue weighted by Crippen LogP contribution is -2.16. The van der Waals surface area contributed by atoms with Gasteiger partial charge in [-0.1, -0.05) is 25.1 Å². The molecule has 16 heavy (non-hydrogen) atoms. The van der Waals surface area contributed by atoms with Crippen LogP contribution in [-0.4, -0.2) is 29.0 Å². The zero-order valence-electron chi connectivity index (χ0n) is 9.71. The van der Waals surface area contributed by atoms with Gasteiger partial charge in [-0.25, -0.2) is 0 Å². The lowest BCUT2D eigenvalue weighted by molar-refractivity contribution is 0.0300. The third-order valence-electron chi connectivity index (χ3n) is 1.96. The van der Waals surface area contributed by atoms with Crippen LogP contribution in [0.2, 0.25) is 0 Å². The average molecular weight is 222 g/mol. The molecule has 0 bridgehead atoms. The quantitative estimate of drug-likeness (QED) is 0.590. The Morgan fingerprint density at radius 1 is 1.50 bits per heavy atom. The second kappa shape index (κ2) is 6.95. The molecule has 1 rings (SSSR count). The fraction of sp³-hybridized carbons (Fsp3) is 0.500. The maximum Gasteiger partial charge on any atom is 0.143 e. The van der Waals surface area contributed by atoms with E-state index in [-0.39, 0.29) is 6.61 Å². The summed E-state index contributed by atoms with van der Waals surface area (Å²) in [5.41, 5.74) is 0.737. The second-order valence-corrected chi connectivity index (χ2v) is 4.07. The van der Waals surface area contributed by atoms with Gasteiger partial charge in [0.2, 0.25) is 0 Å². The summed E-state index contributed by atoms with van der Waals surface area (Å²) < 4.78 is 0. The summed E-state index contributed by atoms with van der Waals surface area (Å²) in [5, 5.41) is 13.2. The molecule has 88 valence electrons. The van der Waals surface area contributed by atoms with E-state index in [0.717, 1.165) is 12.1 Å². The lowest BCUT2D eigenvalue weighted by Gasteiger charge is -2.10. The number of oxime groups is 1. The van der Waals surface area contributed by atoms with Crippen LogP contribution in [0.3, 0.4) is 0 Å². The van der Waals surface area contributed by atoms with Crippen LogP contribution >= 0.6 is 0 Å². The summed E-state index contributed by atoms with van der Waals surface area (Å²) in [5.74, 6) is 0.457. The van der Waals surface area contributed by atoms with Crippen molar-refractivity contribution in [1.82, 2.24) is 4.98 Å². The summed E-state index contributed by atoms with van der Waals surface area (Å²) in [6, 6.07) is 5.55. The first-order valence-corrected chi connectivity index (χ1v) is 5.43. The minimum absolute atomic E-state index is 0.224. The first-order chi connectivity index (χ1) is 7.68. The Kier molecular flexibility index (Phi) is 5.50. The first-order valence-electron chi connectivity index (χ1n) is 5.43. The normalized spacial score (nSPS) is 13.2. The van der Waals surface area contributed by atoms with Gasteiger partial charge in [-0.15, -0.1) is 0 Å². The van der Waals surface area contributed by atoms with Gasteiger partial charge in [-0.05, 0) is 24.5 Å². The molecule has 0 saturated heterocycles. The fourth-order valence-electron chi connectivity index (χ4n) is 1.28. The number of hydrogen-bond acceptors (Lipinski definition) is 4. The fourth-order valence-corrected chi connectivity index (χ4v) is 1.28. The van der Waals surface area contributed by atoms with E-state index < -0.39 is 6.10 Å². The Balaban J connectivity index is 2.23. The van der Waals surface area contributed by atoms with E-state index in [1.807, 2.05) is 18.2 Å². The highest BCUT2D eigenvalue weighted by Crippen LogP contribution is 2.04. The Labute approximate surface area is 96.0 Å². The summed E-state index contributed by atoms with van der Waals surface area (Å²) >= 11 is 0. The molecular formula is C12H18N2O2. The van der Waals surface area contributed by atoms with Gasteiger partial charge < -0.3 is 9.94 Å². The second-order valence-electron chi connectivity index (χ2n) is 4.07. The molecule has 1 N–H and O–H groups in total. The molecule has 0 aliphatic rings. The highest BCUT2D eigenvalue weighted by molar-refractivity contribution is 5.76. The van der Waals surface area contributed by atoms with Crippen LogP contribution in [0.5, 0.6) is 0 Å². The third kappa shape index (κ3) is 5.46. The smallest absolute Gasteiger partial charge is 0.143 e. The minimum atomic E-state index is -0.458. The molecule has 0 aliphatic heterocycles. The Morgan fingerprint density at radius 3 is 2.94 bits per heavy atom. The zero-order valence-corrected chi connectivity index (χ0v) is 9.71. The molecule has 0 radical (unpaired) electrons. The van der Waals surface area contributed by atoms with Gasteiger partial charge in [0.15, 0.2) is 0 Å². The summed E-state index contributed by atoms with van der Waals surface area (Å²) in [4.78, 5) is 9.03. The molecule has 1 aromatic heterocycles. The van der Waals surface area contributed by atoms with Gasteiger partial charge in [-0.2, -0.15) is 0 Å². The summed E-state index contributed by atoms with van der Waals surface area (Å²) in [7, 11) is 0. The van der Waals surface area contributed by atoms with Crippen LogP contribution in [0.1, 0.15) is 26.0 Å². The number of aromatic nitrogens is 1. The topological polar surface area (TPSA) is 54.7 Å². The van der Waals surface area contributed by atoms with Gasteiger partial charge in [0.1, 0.15) is 6.61 Å². The van der Waals surface area contributed by atoms with Crippen LogP contribution in [-0.2, 0) is 4.84 Å². The van der Waals surface area contributed by atoms with Gasteiger partial charge in [0.05, 0.1) is 18.0 Å². The highest BCUT2D eigenvalue weighted by atomic mass is 16.6. The SMILES string of the molecule is CC(C)CC(O)CO/N=C/c1ccccn1. The maximum atomic E-state index is 9.50. The predicted octanol–water partition coefficient (Wildman–Crippen LogP) is 1.84. The zero-order chi connectivity index (χ0) is 11.8. The molecular weight excluding hydrogens is 204 g/mol. The van der Waals surface area contributed by atoms with Crippen molar-refractivity contribution in [3.05, 3.63) is 30.1 Å². The molecule has 0 spiro atoms. The van der Waals surface area contributed by atoms with Gasteiger partial charge >= 0.3 is 0 Å². The molecule has 4 heteroatoms. The number of aliphatic hydroxyl groups excluding tert-OH is 1. The molecule has 1 heterocycles. The van der Waals surface area contributed by atoms with Crippen LogP contribution < -0.4 is 0 Å². The number of nitrogens with zero attached hydrogens (tertiary/aromatic N) is 2. The maximum absolute atomic E-state index is 9.50. The molecule has 1 atom stereocenters. The lowest BCUT2D eigenvalue weighted by atomic mass is 10.1. The molecule has 1 unspecified atom stereocenters. The Morgan fingerprint density at radius 2 is 2.31 bits per heavy atom. The van der Waals surface area contributed by atoms with Crippen LogP contribution in [0, 0.1) is 5.92 Å². The standard InChI is InChI=1S/C12H18N2O2/c1-10(2)7-12(15)9-16-14-8-11-5-3-4-6-13-11/h3-6,8,10,12,15H,7,9H2,1-2H3/b14-8+. The van der Waals surface area contributed by atoms with Gasteiger partial charge in [0.25, 0.3) is 0 Å². The van der Waals surface area contributed by atoms with Crippen molar-refractivity contribution in [3.63, 3.8) is 0 Å². The van der Waals surface area contributed by atoms with Gasteiger partial charge in [0, 0.05) is 6.20 Å². The molecule has 1 aromatic rings. The number of hydrogen-bond donors (Lipinski definition) is 1. The molecule has 0 amide bonds. The summed E-state index contributed by atoms with van der Waals surface area (Å²) in [6.07, 6.45) is 3.48. The largest absolute Gasteiger partial charge is 0.393 e. The van der Waals surface area contributed by atoms with E-state index in [4.69, 9.17) is 4.84 Å². The average Bonchev–Trinajstić information content (AvgIpc) is 2.25. The van der Waals surface area contributed by atoms with Crippen LogP contribution in [0.15, 0.2) is 29.6 Å². The predicted molar refractivity (Wildman–Crippen MR) is 63.2 cm³/mol. The van der Waals surface area contributed by atoms with E-state index in [0.29, 0.717) is 5.92 Å². The Bertz CT molecular complexity index is 312. The van der Waals surface area contributed by atoms with Crippen molar-refractivity contribution < 1.29 is 9.94 Å². The van der Waals surface area contributed by atoms with Crippen molar-refractivity contribution in [2.24, 2.45) is 11.1 Å². The van der Waals surface area contributed by atoms with E-state index in [1.165, 1.54) is 6.21 Å². The van der Waals surface area contributed by atoms with Crippen molar-refractivity contribution >= 4 is 6.21 Å². The molecule has 4 nitrogen and oxygen atoms in total. The van der Waals surface area contributed by atoms with E-state index in [2.05, 4.69) is 24.0 Å². The number of pyridine rings is 1. The molecule has 0 aliphatic carbocycles.